The van der Waals surface area contributed by atoms with Gasteiger partial charge in [0, 0.05) is 17.7 Å². The van der Waals surface area contributed by atoms with Crippen molar-refractivity contribution in [2.45, 2.75) is 37.8 Å². The van der Waals surface area contributed by atoms with Crippen molar-refractivity contribution in [1.29, 1.82) is 0 Å². The van der Waals surface area contributed by atoms with Crippen LogP contribution < -0.4 is 20.2 Å². The number of nitrogens with zero attached hydrogens (tertiary/aromatic N) is 2. The monoisotopic (exact) mass is 466 g/mol. The van der Waals surface area contributed by atoms with E-state index in [1.165, 1.54) is 0 Å². The highest BCUT2D eigenvalue weighted by atomic mass is 16.5. The molecule has 2 saturated heterocycles. The Morgan fingerprint density at radius 1 is 1.15 bits per heavy atom. The molecule has 2 heterocycles. The van der Waals surface area contributed by atoms with Crippen molar-refractivity contribution in [3.05, 3.63) is 59.7 Å². The van der Waals surface area contributed by atoms with E-state index in [0.717, 1.165) is 30.0 Å². The molecule has 0 aromatic heterocycles. The number of hydrogen-bond acceptors (Lipinski definition) is 6. The maximum Gasteiger partial charge on any atom is 0.344 e. The lowest BCUT2D eigenvalue weighted by molar-refractivity contribution is -0.140. The number of amides is 4. The van der Waals surface area contributed by atoms with Crippen LogP contribution in [0.2, 0.25) is 0 Å². The number of imide groups is 1. The average Bonchev–Trinajstić information content (AvgIpc) is 3.42. The summed E-state index contributed by atoms with van der Waals surface area (Å²) in [6.45, 7) is 2.59. The number of urea groups is 1. The summed E-state index contributed by atoms with van der Waals surface area (Å²) >= 11 is 0. The summed E-state index contributed by atoms with van der Waals surface area (Å²) in [5.74, 6) is 0.470. The van der Waals surface area contributed by atoms with E-state index in [4.69, 9.17) is 9.47 Å². The summed E-state index contributed by atoms with van der Waals surface area (Å²) in [5, 5.41) is 3.58. The highest BCUT2D eigenvalue weighted by Gasteiger charge is 2.52. The van der Waals surface area contributed by atoms with Crippen LogP contribution in [0.25, 0.3) is 0 Å². The van der Waals surface area contributed by atoms with Gasteiger partial charge in [0.15, 0.2) is 0 Å². The fraction of sp³-hybridized carbons (Fsp3) is 0.400. The lowest BCUT2D eigenvalue weighted by Crippen LogP contribution is -2.51. The molecule has 180 valence electrons. The van der Waals surface area contributed by atoms with Gasteiger partial charge in [0.1, 0.15) is 17.0 Å². The fourth-order valence-electron chi connectivity index (χ4n) is 4.84. The number of hydrazine groups is 1. The van der Waals surface area contributed by atoms with Gasteiger partial charge < -0.3 is 14.8 Å². The molecule has 0 spiro atoms. The third-order valence-electron chi connectivity index (χ3n) is 6.64. The van der Waals surface area contributed by atoms with Crippen molar-refractivity contribution in [1.82, 2.24) is 20.7 Å². The molecule has 0 saturated carbocycles. The molecule has 9 nitrogen and oxygen atoms in total. The molecule has 2 aliphatic heterocycles. The second-order valence-electron chi connectivity index (χ2n) is 8.47. The van der Waals surface area contributed by atoms with Crippen LogP contribution >= 0.6 is 0 Å². The molecule has 0 aliphatic carbocycles. The fourth-order valence-corrected chi connectivity index (χ4v) is 4.84. The van der Waals surface area contributed by atoms with E-state index in [1.54, 1.807) is 26.4 Å². The second kappa shape index (κ2) is 9.72. The number of benzene rings is 2. The average molecular weight is 467 g/mol. The zero-order valence-electron chi connectivity index (χ0n) is 19.7. The minimum Gasteiger partial charge on any atom is -0.497 e. The number of rotatable bonds is 8. The molecule has 0 radical (unpaired) electrons. The van der Waals surface area contributed by atoms with Crippen molar-refractivity contribution < 1.29 is 23.9 Å². The number of methoxy groups -OCH3 is 2. The largest absolute Gasteiger partial charge is 0.497 e. The van der Waals surface area contributed by atoms with Crippen molar-refractivity contribution in [3.63, 3.8) is 0 Å². The van der Waals surface area contributed by atoms with Gasteiger partial charge in [-0.25, -0.2) is 4.79 Å². The quantitative estimate of drug-likeness (QED) is 0.581. The van der Waals surface area contributed by atoms with Crippen LogP contribution in [0, 0.1) is 0 Å². The van der Waals surface area contributed by atoms with Crippen LogP contribution in [0.3, 0.4) is 0 Å². The summed E-state index contributed by atoms with van der Waals surface area (Å²) < 4.78 is 10.8. The Morgan fingerprint density at radius 2 is 1.91 bits per heavy atom. The van der Waals surface area contributed by atoms with Gasteiger partial charge >= 0.3 is 6.03 Å². The Hall–Kier alpha value is -3.59. The number of hydrogen-bond donors (Lipinski definition) is 2. The van der Waals surface area contributed by atoms with Crippen LogP contribution in [0.5, 0.6) is 11.5 Å². The maximum atomic E-state index is 13.3. The molecule has 2 fully saturated rings. The van der Waals surface area contributed by atoms with Gasteiger partial charge in [-0.15, -0.1) is 0 Å². The number of nitrogens with one attached hydrogen (secondary N) is 2. The topological polar surface area (TPSA) is 100 Å². The van der Waals surface area contributed by atoms with E-state index < -0.39 is 23.4 Å². The van der Waals surface area contributed by atoms with E-state index in [2.05, 4.69) is 10.7 Å². The van der Waals surface area contributed by atoms with Gasteiger partial charge in [-0.2, -0.15) is 5.01 Å². The lowest BCUT2D eigenvalue weighted by atomic mass is 9.87. The van der Waals surface area contributed by atoms with Crippen LogP contribution in [0.4, 0.5) is 4.79 Å². The Kier molecular flexibility index (Phi) is 6.74. The first-order chi connectivity index (χ1) is 16.4. The lowest BCUT2D eigenvalue weighted by Gasteiger charge is -2.27. The van der Waals surface area contributed by atoms with Gasteiger partial charge in [0.2, 0.25) is 0 Å². The van der Waals surface area contributed by atoms with Crippen LogP contribution in [0.15, 0.2) is 48.5 Å². The predicted molar refractivity (Wildman–Crippen MR) is 125 cm³/mol. The van der Waals surface area contributed by atoms with Crippen LogP contribution in [-0.4, -0.2) is 55.1 Å². The van der Waals surface area contributed by atoms with Gasteiger partial charge in [0.25, 0.3) is 11.8 Å². The Labute approximate surface area is 199 Å². The summed E-state index contributed by atoms with van der Waals surface area (Å²) in [5.41, 5.74) is 2.98. The molecule has 2 aromatic rings. The van der Waals surface area contributed by atoms with E-state index in [1.807, 2.05) is 48.2 Å². The zero-order valence-corrected chi connectivity index (χ0v) is 19.7. The van der Waals surface area contributed by atoms with Gasteiger partial charge in [0.05, 0.1) is 20.8 Å². The van der Waals surface area contributed by atoms with Crippen molar-refractivity contribution >= 4 is 17.8 Å². The van der Waals surface area contributed by atoms with E-state index >= 15 is 0 Å². The van der Waals surface area contributed by atoms with Gasteiger partial charge in [-0.05, 0) is 37.4 Å². The minimum atomic E-state index is -1.20. The summed E-state index contributed by atoms with van der Waals surface area (Å²) in [4.78, 5) is 40.9. The molecule has 34 heavy (non-hydrogen) atoms. The molecule has 2 atom stereocenters. The van der Waals surface area contributed by atoms with Crippen molar-refractivity contribution in [2.24, 2.45) is 0 Å². The SMILES string of the molecule is CC[C@]1(c2ccccc2)NC(=O)N(NC(=O)CN2CCC[C@@H]2c2ccc(OC)cc2OC)C1=O. The van der Waals surface area contributed by atoms with Crippen LogP contribution in [0.1, 0.15) is 43.4 Å². The molecule has 0 unspecified atom stereocenters. The number of carbonyl (C=O) groups excluding carboxylic acids is 3. The second-order valence-corrected chi connectivity index (χ2v) is 8.47. The maximum absolute atomic E-state index is 13.3. The summed E-state index contributed by atoms with van der Waals surface area (Å²) in [6, 6.07) is 14.1. The molecule has 2 N–H and O–H groups in total. The highest BCUT2D eigenvalue weighted by molar-refractivity contribution is 6.08. The minimum absolute atomic E-state index is 0.0197. The molecule has 9 heteroatoms. The Bertz CT molecular complexity index is 1080. The first-order valence-electron chi connectivity index (χ1n) is 11.4. The van der Waals surface area contributed by atoms with Gasteiger partial charge in [-0.3, -0.25) is 19.9 Å². The molecule has 2 aromatic carbocycles. The van der Waals surface area contributed by atoms with Crippen molar-refractivity contribution in [2.75, 3.05) is 27.3 Å². The standard InChI is InChI=1S/C25H30N4O5/c1-4-25(17-9-6-5-7-10-17)23(31)29(24(32)26-25)27-22(30)16-28-14-8-11-20(28)19-13-12-18(33-2)15-21(19)34-3/h5-7,9-10,12-13,15,20H,4,8,11,14,16H2,1-3H3,(H,26,32)(H,27,30)/t20-,25-/m1/s1. The van der Waals surface area contributed by atoms with E-state index in [9.17, 15) is 14.4 Å². The zero-order chi connectivity index (χ0) is 24.3. The predicted octanol–water partition coefficient (Wildman–Crippen LogP) is 2.73. The molecule has 2 aliphatic rings. The third kappa shape index (κ3) is 4.19. The van der Waals surface area contributed by atoms with Crippen molar-refractivity contribution in [3.8, 4) is 11.5 Å². The first-order valence-corrected chi connectivity index (χ1v) is 11.4. The Morgan fingerprint density at radius 3 is 2.59 bits per heavy atom. The first kappa shape index (κ1) is 23.6. The molecular weight excluding hydrogens is 436 g/mol. The summed E-state index contributed by atoms with van der Waals surface area (Å²) in [6.07, 6.45) is 2.15. The molecule has 4 rings (SSSR count). The molecule has 4 amide bonds. The van der Waals surface area contributed by atoms with E-state index in [0.29, 0.717) is 23.5 Å². The number of carbonyl (C=O) groups is 3. The molecular formula is C25H30N4O5. The highest BCUT2D eigenvalue weighted by Crippen LogP contribution is 2.38. The smallest absolute Gasteiger partial charge is 0.344 e. The number of ether oxygens (including phenoxy) is 2. The normalized spacial score (nSPS) is 22.6. The summed E-state index contributed by atoms with van der Waals surface area (Å²) in [7, 11) is 3.20. The van der Waals surface area contributed by atoms with Crippen LogP contribution in [-0.2, 0) is 15.1 Å². The van der Waals surface area contributed by atoms with E-state index in [-0.39, 0.29) is 12.6 Å². The number of likely N-dealkylation sites (tertiary alicyclic amines) is 1. The third-order valence-corrected chi connectivity index (χ3v) is 6.64. The Balaban J connectivity index is 1.47. The molecule has 0 bridgehead atoms. The van der Waals surface area contributed by atoms with Gasteiger partial charge in [-0.1, -0.05) is 43.3 Å².